The highest BCUT2D eigenvalue weighted by atomic mass is 16.5. The first kappa shape index (κ1) is 29.1. The van der Waals surface area contributed by atoms with Crippen LogP contribution in [0.25, 0.3) is 0 Å². The number of rotatable bonds is 1. The van der Waals surface area contributed by atoms with E-state index in [-0.39, 0.29) is 54.4 Å². The number of oxazole rings is 1. The topological polar surface area (TPSA) is 142 Å². The van der Waals surface area contributed by atoms with Crippen LogP contribution in [0.3, 0.4) is 0 Å². The van der Waals surface area contributed by atoms with Gasteiger partial charge in [0.2, 0.25) is 5.91 Å². The number of hydrogen-bond donors (Lipinski definition) is 3. The molecule has 1 aromatic heterocycles. The minimum atomic E-state index is -0.959. The van der Waals surface area contributed by atoms with Crippen LogP contribution in [-0.4, -0.2) is 69.3 Å². The van der Waals surface area contributed by atoms with Crippen LogP contribution in [0, 0.1) is 11.8 Å². The van der Waals surface area contributed by atoms with Crippen LogP contribution in [0.15, 0.2) is 58.4 Å². The zero-order valence-electron chi connectivity index (χ0n) is 22.3. The summed E-state index contributed by atoms with van der Waals surface area (Å²) in [5.74, 6) is -1.58. The highest BCUT2D eigenvalue weighted by molar-refractivity contribution is 6.00. The third-order valence-electron chi connectivity index (χ3n) is 6.33. The number of carbonyl (C=O) groups excluding carboxylic acids is 3. The van der Waals surface area contributed by atoms with Crippen molar-refractivity contribution in [1.82, 2.24) is 15.2 Å². The summed E-state index contributed by atoms with van der Waals surface area (Å²) < 4.78 is 11.2. The Morgan fingerprint density at radius 2 is 1.95 bits per heavy atom. The third kappa shape index (κ3) is 8.00. The number of cyclic esters (lactones) is 1. The van der Waals surface area contributed by atoms with Crippen LogP contribution in [0.2, 0.25) is 0 Å². The molecule has 1 aromatic rings. The second-order valence-electron chi connectivity index (χ2n) is 10.0. The van der Waals surface area contributed by atoms with Crippen molar-refractivity contribution in [3.05, 3.63) is 65.6 Å². The first-order chi connectivity index (χ1) is 18.0. The zero-order chi connectivity index (χ0) is 27.8. The quantitative estimate of drug-likeness (QED) is 0.473. The molecular weight excluding hydrogens is 490 g/mol. The van der Waals surface area contributed by atoms with Gasteiger partial charge in [-0.25, -0.2) is 9.78 Å². The fourth-order valence-corrected chi connectivity index (χ4v) is 4.44. The van der Waals surface area contributed by atoms with Gasteiger partial charge in [0.1, 0.15) is 18.1 Å². The molecule has 10 heteroatoms. The SMILES string of the molecule is CC1=C[C@@H](O)C[C@@H](O)Cc2nc(co2)C(=O)N2CCC=C2C(=O)O[C@H](C(C)C)[C@H](C)/C=C\C(=O)NCC=C1. The van der Waals surface area contributed by atoms with E-state index >= 15 is 0 Å². The molecule has 0 spiro atoms. The number of carbonyl (C=O) groups is 3. The fraction of sp³-hybridized carbons (Fsp3) is 0.500. The predicted octanol–water partition coefficient (Wildman–Crippen LogP) is 2.45. The number of nitrogens with one attached hydrogen (secondary N) is 1. The van der Waals surface area contributed by atoms with Gasteiger partial charge >= 0.3 is 5.97 Å². The summed E-state index contributed by atoms with van der Waals surface area (Å²) in [5.41, 5.74) is 0.909. The Morgan fingerprint density at radius 3 is 2.68 bits per heavy atom. The number of aliphatic hydroxyl groups is 2. The first-order valence-corrected chi connectivity index (χ1v) is 12.9. The van der Waals surface area contributed by atoms with Gasteiger partial charge in [-0.2, -0.15) is 0 Å². The van der Waals surface area contributed by atoms with E-state index in [0.717, 1.165) is 5.57 Å². The summed E-state index contributed by atoms with van der Waals surface area (Å²) >= 11 is 0. The molecule has 4 atom stereocenters. The Kier molecular flexibility index (Phi) is 10.2. The van der Waals surface area contributed by atoms with Crippen LogP contribution in [-0.2, 0) is 20.7 Å². The standard InChI is InChI=1S/C28H37N3O7/c1-17(2)26-19(4)9-10-24(34)29-11-5-7-18(3)13-20(32)14-21(33)15-25-30-22(16-37-25)27(35)31-12-6-8-23(31)28(36)38-26/h5,7-10,13,16-17,19-21,26,32-33H,6,11-12,14-15H2,1-4H3,(H,29,34)/b7-5?,10-9-,18-13?/t19-,20-,21-,26-/m1/s1. The van der Waals surface area contributed by atoms with E-state index in [1.807, 2.05) is 20.8 Å². The van der Waals surface area contributed by atoms with Gasteiger partial charge < -0.3 is 29.6 Å². The number of nitrogens with zero attached hydrogens (tertiary/aromatic N) is 2. The maximum Gasteiger partial charge on any atom is 0.355 e. The molecule has 0 unspecified atom stereocenters. The summed E-state index contributed by atoms with van der Waals surface area (Å²) in [4.78, 5) is 44.0. The fourth-order valence-electron chi connectivity index (χ4n) is 4.44. The van der Waals surface area contributed by atoms with Crippen molar-refractivity contribution in [3.63, 3.8) is 0 Å². The molecule has 2 aliphatic rings. The molecule has 0 saturated carbocycles. The largest absolute Gasteiger partial charge is 0.457 e. The van der Waals surface area contributed by atoms with Crippen molar-refractivity contribution in [2.75, 3.05) is 13.1 Å². The third-order valence-corrected chi connectivity index (χ3v) is 6.33. The molecule has 0 fully saturated rings. The molecule has 3 rings (SSSR count). The molecule has 38 heavy (non-hydrogen) atoms. The van der Waals surface area contributed by atoms with Crippen molar-refractivity contribution in [2.24, 2.45) is 11.8 Å². The number of allylic oxidation sites excluding steroid dienone is 2. The van der Waals surface area contributed by atoms with E-state index in [1.54, 1.807) is 37.3 Å². The number of fused-ring (bicyclic) bond motifs is 3. The van der Waals surface area contributed by atoms with Gasteiger partial charge in [-0.3, -0.25) is 9.59 Å². The van der Waals surface area contributed by atoms with Crippen LogP contribution in [0.1, 0.15) is 56.9 Å². The van der Waals surface area contributed by atoms with Gasteiger partial charge in [0.05, 0.1) is 18.6 Å². The molecule has 10 nitrogen and oxygen atoms in total. The summed E-state index contributed by atoms with van der Waals surface area (Å²) in [7, 11) is 0. The summed E-state index contributed by atoms with van der Waals surface area (Å²) in [6, 6.07) is 0. The molecule has 2 amide bonds. The van der Waals surface area contributed by atoms with Crippen LogP contribution in [0.5, 0.6) is 0 Å². The Bertz CT molecular complexity index is 1130. The lowest BCUT2D eigenvalue weighted by molar-refractivity contribution is -0.149. The van der Waals surface area contributed by atoms with Gasteiger partial charge in [0.15, 0.2) is 11.6 Å². The van der Waals surface area contributed by atoms with E-state index in [1.165, 1.54) is 17.2 Å². The van der Waals surface area contributed by atoms with E-state index in [9.17, 15) is 24.6 Å². The highest BCUT2D eigenvalue weighted by Gasteiger charge is 2.33. The van der Waals surface area contributed by atoms with E-state index in [0.29, 0.717) is 13.0 Å². The minimum Gasteiger partial charge on any atom is -0.457 e. The normalized spacial score (nSPS) is 27.3. The molecule has 0 saturated heterocycles. The van der Waals surface area contributed by atoms with Crippen molar-refractivity contribution >= 4 is 17.8 Å². The van der Waals surface area contributed by atoms with Gasteiger partial charge in [-0.1, -0.05) is 56.7 Å². The molecular formula is C28H37N3O7. The second kappa shape index (κ2) is 13.3. The predicted molar refractivity (Wildman–Crippen MR) is 140 cm³/mol. The van der Waals surface area contributed by atoms with Crippen molar-refractivity contribution < 1.29 is 33.8 Å². The Labute approximate surface area is 222 Å². The average molecular weight is 528 g/mol. The summed E-state index contributed by atoms with van der Waals surface area (Å²) in [5, 5.41) is 23.5. The van der Waals surface area contributed by atoms with Crippen molar-refractivity contribution in [2.45, 2.75) is 65.3 Å². The summed E-state index contributed by atoms with van der Waals surface area (Å²) in [6.07, 6.45) is 9.22. The maximum absolute atomic E-state index is 13.1. The molecule has 3 heterocycles. The average Bonchev–Trinajstić information content (AvgIpc) is 3.52. The Morgan fingerprint density at radius 1 is 1.18 bits per heavy atom. The molecule has 3 N–H and O–H groups in total. The van der Waals surface area contributed by atoms with E-state index < -0.39 is 30.2 Å². The van der Waals surface area contributed by atoms with Crippen LogP contribution in [0.4, 0.5) is 0 Å². The summed E-state index contributed by atoms with van der Waals surface area (Å²) in [6.45, 7) is 8.08. The smallest absolute Gasteiger partial charge is 0.355 e. The minimum absolute atomic E-state index is 0.00476. The van der Waals surface area contributed by atoms with E-state index in [4.69, 9.17) is 9.15 Å². The Balaban J connectivity index is 1.86. The Hall–Kier alpha value is -3.50. The number of ether oxygens (including phenoxy) is 1. The molecule has 2 aliphatic heterocycles. The lowest BCUT2D eigenvalue weighted by atomic mass is 9.94. The van der Waals surface area contributed by atoms with Gasteiger partial charge in [0.25, 0.3) is 5.91 Å². The van der Waals surface area contributed by atoms with E-state index in [2.05, 4.69) is 10.3 Å². The molecule has 0 aromatic carbocycles. The van der Waals surface area contributed by atoms with Crippen molar-refractivity contribution in [3.8, 4) is 0 Å². The number of esters is 1. The number of hydrogen-bond acceptors (Lipinski definition) is 8. The lowest BCUT2D eigenvalue weighted by Gasteiger charge is -2.27. The number of aromatic nitrogens is 1. The van der Waals surface area contributed by atoms with Crippen molar-refractivity contribution in [1.29, 1.82) is 0 Å². The molecule has 2 bridgehead atoms. The van der Waals surface area contributed by atoms with Gasteiger partial charge in [-0.15, -0.1) is 0 Å². The highest BCUT2D eigenvalue weighted by Crippen LogP contribution is 2.24. The lowest BCUT2D eigenvalue weighted by Crippen LogP contribution is -2.36. The number of aliphatic hydroxyl groups excluding tert-OH is 2. The number of amides is 2. The second-order valence-corrected chi connectivity index (χ2v) is 10.0. The zero-order valence-corrected chi connectivity index (χ0v) is 22.3. The van der Waals surface area contributed by atoms with Gasteiger partial charge in [0, 0.05) is 25.4 Å². The molecule has 0 aliphatic carbocycles. The van der Waals surface area contributed by atoms with Crippen LogP contribution >= 0.6 is 0 Å². The van der Waals surface area contributed by atoms with Crippen LogP contribution < -0.4 is 5.32 Å². The molecule has 0 radical (unpaired) electrons. The first-order valence-electron chi connectivity index (χ1n) is 12.9. The molecule has 206 valence electrons. The maximum atomic E-state index is 13.1. The monoisotopic (exact) mass is 527 g/mol. The van der Waals surface area contributed by atoms with Gasteiger partial charge in [-0.05, 0) is 25.3 Å².